The van der Waals surface area contributed by atoms with Crippen molar-refractivity contribution in [2.45, 2.75) is 38.0 Å². The molecule has 12 heteroatoms. The Kier molecular flexibility index (Phi) is 6.53. The summed E-state index contributed by atoms with van der Waals surface area (Å²) in [5.74, 6) is 2.51. The van der Waals surface area contributed by atoms with Crippen LogP contribution < -0.4 is 14.2 Å². The summed E-state index contributed by atoms with van der Waals surface area (Å²) < 4.78 is 31.8. The predicted molar refractivity (Wildman–Crippen MR) is 130 cm³/mol. The lowest BCUT2D eigenvalue weighted by molar-refractivity contribution is 0.391. The van der Waals surface area contributed by atoms with E-state index in [1.807, 2.05) is 40.6 Å². The number of rotatable bonds is 9. The van der Waals surface area contributed by atoms with Crippen LogP contribution in [-0.2, 0) is 19.4 Å². The smallest absolute Gasteiger partial charge is 0.239 e. The van der Waals surface area contributed by atoms with Crippen LogP contribution >= 0.6 is 11.9 Å². The number of benzene rings is 1. The number of anilines is 1. The van der Waals surface area contributed by atoms with Gasteiger partial charge in [-0.05, 0) is 36.9 Å². The quantitative estimate of drug-likeness (QED) is 0.347. The topological polar surface area (TPSA) is 105 Å². The van der Waals surface area contributed by atoms with Crippen LogP contribution in [-0.4, -0.2) is 54.0 Å². The van der Waals surface area contributed by atoms with Crippen LogP contribution in [0.25, 0.3) is 17.1 Å². The average Bonchev–Trinajstić information content (AvgIpc) is 3.59. The van der Waals surface area contributed by atoms with Crippen molar-refractivity contribution in [3.63, 3.8) is 0 Å². The molecule has 4 heterocycles. The average molecular weight is 497 g/mol. The van der Waals surface area contributed by atoms with Gasteiger partial charge in [-0.3, -0.25) is 14.0 Å². The number of aryl methyl sites for hydroxylation is 1. The van der Waals surface area contributed by atoms with Gasteiger partial charge in [-0.15, -0.1) is 10.2 Å². The summed E-state index contributed by atoms with van der Waals surface area (Å²) in [6.07, 6.45) is 6.71. The van der Waals surface area contributed by atoms with Crippen LogP contribution in [0.15, 0.2) is 36.8 Å². The fourth-order valence-electron chi connectivity index (χ4n) is 4.14. The van der Waals surface area contributed by atoms with Crippen molar-refractivity contribution < 1.29 is 13.9 Å². The maximum atomic E-state index is 13.1. The molecule has 10 nitrogen and oxygen atoms in total. The van der Waals surface area contributed by atoms with E-state index < -0.39 is 5.82 Å². The normalized spacial score (nSPS) is 13.5. The highest BCUT2D eigenvalue weighted by atomic mass is 32.2. The number of hydrogen-bond donors (Lipinski definition) is 1. The molecular weight excluding hydrogens is 471 g/mol. The Hall–Kier alpha value is -3.67. The minimum absolute atomic E-state index is 0.0639. The zero-order chi connectivity index (χ0) is 24.4. The van der Waals surface area contributed by atoms with Gasteiger partial charge < -0.3 is 9.47 Å². The van der Waals surface area contributed by atoms with Gasteiger partial charge >= 0.3 is 0 Å². The first-order valence-corrected chi connectivity index (χ1v) is 12.1. The Labute approximate surface area is 206 Å². The first-order valence-electron chi connectivity index (χ1n) is 11.2. The maximum Gasteiger partial charge on any atom is 0.239 e. The standard InChI is InChI=1S/C23H25FN8O2S/c1-14(10-20-25-11-15(24)12-26-20)35-30-23-29-28-22(16-13-27-31-9-5-6-17(16)31)32(23)21-18(33-2)7-4-8-19(21)34-3/h4,7-8,11-14H,5-6,9-10H2,1-3H3,(H,29,30). The predicted octanol–water partition coefficient (Wildman–Crippen LogP) is 3.71. The first kappa shape index (κ1) is 23.1. The van der Waals surface area contributed by atoms with Gasteiger partial charge in [0.2, 0.25) is 5.95 Å². The van der Waals surface area contributed by atoms with Gasteiger partial charge in [0, 0.05) is 23.9 Å². The maximum absolute atomic E-state index is 13.1. The van der Waals surface area contributed by atoms with Gasteiger partial charge in [-0.25, -0.2) is 14.4 Å². The van der Waals surface area contributed by atoms with Crippen molar-refractivity contribution >= 4 is 17.9 Å². The Morgan fingerprint density at radius 2 is 1.86 bits per heavy atom. The first-order chi connectivity index (χ1) is 17.1. The summed E-state index contributed by atoms with van der Waals surface area (Å²) in [6, 6.07) is 5.61. The number of nitrogens with zero attached hydrogens (tertiary/aromatic N) is 7. The van der Waals surface area contributed by atoms with E-state index in [4.69, 9.17) is 9.47 Å². The number of fused-ring (bicyclic) bond motifs is 1. The van der Waals surface area contributed by atoms with Gasteiger partial charge in [-0.1, -0.05) is 13.0 Å². The van der Waals surface area contributed by atoms with Crippen molar-refractivity contribution in [3.05, 3.63) is 54.1 Å². The lowest BCUT2D eigenvalue weighted by atomic mass is 10.1. The molecule has 1 aromatic carbocycles. The molecule has 1 aliphatic heterocycles. The summed E-state index contributed by atoms with van der Waals surface area (Å²) >= 11 is 1.45. The summed E-state index contributed by atoms with van der Waals surface area (Å²) in [7, 11) is 3.24. The molecule has 0 bridgehead atoms. The number of methoxy groups -OCH3 is 2. The van der Waals surface area contributed by atoms with Gasteiger partial charge in [0.1, 0.15) is 23.0 Å². The molecule has 0 amide bonds. The number of nitrogens with one attached hydrogen (secondary N) is 1. The van der Waals surface area contributed by atoms with Crippen molar-refractivity contribution in [1.82, 2.24) is 34.5 Å². The Morgan fingerprint density at radius 3 is 2.57 bits per heavy atom. The van der Waals surface area contributed by atoms with Crippen molar-refractivity contribution in [2.24, 2.45) is 0 Å². The van der Waals surface area contributed by atoms with Crippen molar-refractivity contribution in [2.75, 3.05) is 18.9 Å². The SMILES string of the molecule is COc1cccc(OC)c1-n1c(NSC(C)Cc2ncc(F)cn2)nnc1-c1cnn2c1CCC2. The zero-order valence-corrected chi connectivity index (χ0v) is 20.4. The summed E-state index contributed by atoms with van der Waals surface area (Å²) in [5.41, 5.74) is 2.75. The molecule has 1 aliphatic rings. The molecule has 0 aliphatic carbocycles. The number of ether oxygens (including phenoxy) is 2. The molecule has 1 atom stereocenters. The lowest BCUT2D eigenvalue weighted by Crippen LogP contribution is -2.11. The van der Waals surface area contributed by atoms with E-state index in [0.717, 1.165) is 30.6 Å². The molecule has 182 valence electrons. The molecule has 0 saturated carbocycles. The van der Waals surface area contributed by atoms with Gasteiger partial charge in [0.15, 0.2) is 11.6 Å². The molecule has 0 radical (unpaired) electrons. The number of hydrogen-bond acceptors (Lipinski definition) is 9. The van der Waals surface area contributed by atoms with Crippen LogP contribution in [0.4, 0.5) is 10.3 Å². The number of aromatic nitrogens is 7. The molecule has 3 aromatic heterocycles. The monoisotopic (exact) mass is 496 g/mol. The fraction of sp³-hybridized carbons (Fsp3) is 0.348. The van der Waals surface area contributed by atoms with Crippen LogP contribution in [0, 0.1) is 5.82 Å². The highest BCUT2D eigenvalue weighted by Crippen LogP contribution is 2.39. The van der Waals surface area contributed by atoms with Crippen LogP contribution in [0.5, 0.6) is 11.5 Å². The lowest BCUT2D eigenvalue weighted by Gasteiger charge is -2.18. The Morgan fingerprint density at radius 1 is 1.11 bits per heavy atom. The van der Waals surface area contributed by atoms with E-state index in [0.29, 0.717) is 41.2 Å². The summed E-state index contributed by atoms with van der Waals surface area (Å²) in [6.45, 7) is 2.92. The van der Waals surface area contributed by atoms with Crippen LogP contribution in [0.2, 0.25) is 0 Å². The van der Waals surface area contributed by atoms with E-state index in [-0.39, 0.29) is 5.25 Å². The highest BCUT2D eigenvalue weighted by molar-refractivity contribution is 8.01. The third-order valence-electron chi connectivity index (χ3n) is 5.76. The molecule has 5 rings (SSSR count). The molecule has 0 spiro atoms. The van der Waals surface area contributed by atoms with E-state index in [1.165, 1.54) is 24.3 Å². The second kappa shape index (κ2) is 9.90. The molecule has 1 unspecified atom stereocenters. The molecule has 4 aromatic rings. The number of para-hydroxylation sites is 1. The molecule has 0 fully saturated rings. The third kappa shape index (κ3) is 4.53. The zero-order valence-electron chi connectivity index (χ0n) is 19.6. The van der Waals surface area contributed by atoms with E-state index >= 15 is 0 Å². The fourth-order valence-corrected chi connectivity index (χ4v) is 4.81. The van der Waals surface area contributed by atoms with E-state index in [2.05, 4.69) is 30.0 Å². The molecule has 1 N–H and O–H groups in total. The molecular formula is C23H25FN8O2S. The van der Waals surface area contributed by atoms with E-state index in [9.17, 15) is 4.39 Å². The van der Waals surface area contributed by atoms with Crippen LogP contribution in [0.3, 0.4) is 0 Å². The number of halogens is 1. The highest BCUT2D eigenvalue weighted by Gasteiger charge is 2.27. The summed E-state index contributed by atoms with van der Waals surface area (Å²) in [5, 5.41) is 13.6. The Bertz CT molecular complexity index is 1300. The van der Waals surface area contributed by atoms with Crippen molar-refractivity contribution in [3.8, 4) is 28.6 Å². The van der Waals surface area contributed by atoms with Gasteiger partial charge in [-0.2, -0.15) is 5.10 Å². The van der Waals surface area contributed by atoms with Crippen molar-refractivity contribution in [1.29, 1.82) is 0 Å². The molecule has 35 heavy (non-hydrogen) atoms. The largest absolute Gasteiger partial charge is 0.494 e. The Balaban J connectivity index is 1.51. The van der Waals surface area contributed by atoms with Gasteiger partial charge in [0.05, 0.1) is 38.4 Å². The van der Waals surface area contributed by atoms with Gasteiger partial charge in [0.25, 0.3) is 0 Å². The van der Waals surface area contributed by atoms with Crippen LogP contribution in [0.1, 0.15) is 24.9 Å². The second-order valence-corrected chi connectivity index (χ2v) is 9.32. The summed E-state index contributed by atoms with van der Waals surface area (Å²) in [4.78, 5) is 8.10. The minimum atomic E-state index is -0.454. The third-order valence-corrected chi connectivity index (χ3v) is 6.63. The van der Waals surface area contributed by atoms with E-state index in [1.54, 1.807) is 14.2 Å². The minimum Gasteiger partial charge on any atom is -0.494 e. The second-order valence-electron chi connectivity index (χ2n) is 8.08. The molecule has 0 saturated heterocycles.